The molecule has 0 aliphatic carbocycles. The summed E-state index contributed by atoms with van der Waals surface area (Å²) in [6, 6.07) is 5.93. The van der Waals surface area contributed by atoms with Gasteiger partial charge in [-0.2, -0.15) is 0 Å². The number of amides is 1. The quantitative estimate of drug-likeness (QED) is 0.934. The minimum Gasteiger partial charge on any atom is -0.319 e. The lowest BCUT2D eigenvalue weighted by molar-refractivity contribution is 0.102. The van der Waals surface area contributed by atoms with Crippen LogP contribution in [0.4, 0.5) is 5.69 Å². The molecule has 0 fully saturated rings. The average molecular weight is 293 g/mol. The van der Waals surface area contributed by atoms with Crippen molar-refractivity contribution in [2.45, 2.75) is 19.9 Å². The molecule has 104 valence electrons. The number of nitrogens with one attached hydrogen (secondary N) is 1. The van der Waals surface area contributed by atoms with Gasteiger partial charge in [0.2, 0.25) is 0 Å². The summed E-state index contributed by atoms with van der Waals surface area (Å²) in [5.41, 5.74) is 0.582. The van der Waals surface area contributed by atoms with Crippen LogP contribution in [0.25, 0.3) is 0 Å². The summed E-state index contributed by atoms with van der Waals surface area (Å²) in [5, 5.41) is 10.2. The first-order valence-electron chi connectivity index (χ1n) is 6.11. The van der Waals surface area contributed by atoms with Crippen molar-refractivity contribution in [1.82, 2.24) is 14.8 Å². The molecule has 0 bridgehead atoms. The van der Waals surface area contributed by atoms with Gasteiger partial charge in [0, 0.05) is 18.8 Å². The molecule has 0 radical (unpaired) electrons. The third-order valence-corrected chi connectivity index (χ3v) is 2.77. The minimum atomic E-state index is -0.407. The highest BCUT2D eigenvalue weighted by atomic mass is 35.5. The molecule has 2 rings (SSSR count). The topological polar surface area (TPSA) is 76.9 Å². The molecular formula is C13H13ClN4O2. The summed E-state index contributed by atoms with van der Waals surface area (Å²) in [6.07, 6.45) is 2.44. The van der Waals surface area contributed by atoms with Crippen molar-refractivity contribution in [3.8, 4) is 0 Å². The highest BCUT2D eigenvalue weighted by Gasteiger charge is 2.09. The van der Waals surface area contributed by atoms with E-state index in [9.17, 15) is 9.59 Å². The number of anilines is 1. The molecule has 20 heavy (non-hydrogen) atoms. The molecule has 0 aromatic carbocycles. The Bertz CT molecular complexity index is 667. The average Bonchev–Trinajstić information content (AvgIpc) is 2.43. The van der Waals surface area contributed by atoms with Crippen LogP contribution < -0.4 is 10.9 Å². The summed E-state index contributed by atoms with van der Waals surface area (Å²) in [5.74, 6) is -0.407. The summed E-state index contributed by atoms with van der Waals surface area (Å²) in [6.45, 7) is 2.57. The van der Waals surface area contributed by atoms with E-state index >= 15 is 0 Å². The molecular weight excluding hydrogens is 280 g/mol. The first-order chi connectivity index (χ1) is 9.60. The Morgan fingerprint density at radius 1 is 1.30 bits per heavy atom. The molecule has 6 nitrogen and oxygen atoms in total. The monoisotopic (exact) mass is 292 g/mol. The number of carbonyl (C=O) groups excluding carboxylic acids is 1. The zero-order chi connectivity index (χ0) is 14.5. The van der Waals surface area contributed by atoms with E-state index in [0.717, 1.165) is 6.42 Å². The Labute approximate surface area is 120 Å². The number of nitrogens with zero attached hydrogens (tertiary/aromatic N) is 3. The van der Waals surface area contributed by atoms with E-state index in [0.29, 0.717) is 12.2 Å². The van der Waals surface area contributed by atoms with Crippen LogP contribution in [0.3, 0.4) is 0 Å². The molecule has 0 saturated carbocycles. The molecule has 1 N–H and O–H groups in total. The van der Waals surface area contributed by atoms with E-state index in [1.54, 1.807) is 16.8 Å². The third kappa shape index (κ3) is 3.42. The van der Waals surface area contributed by atoms with Crippen LogP contribution in [-0.2, 0) is 6.54 Å². The van der Waals surface area contributed by atoms with Crippen molar-refractivity contribution in [2.24, 2.45) is 0 Å². The molecule has 0 saturated heterocycles. The van der Waals surface area contributed by atoms with Gasteiger partial charge in [0.05, 0.1) is 5.69 Å². The summed E-state index contributed by atoms with van der Waals surface area (Å²) < 4.78 is 1.54. The smallest absolute Gasteiger partial charge is 0.276 e. The van der Waals surface area contributed by atoms with Crippen LogP contribution in [0.5, 0.6) is 0 Å². The fraction of sp³-hybridized carbons (Fsp3) is 0.231. The minimum absolute atomic E-state index is 0.101. The van der Waals surface area contributed by atoms with Crippen LogP contribution >= 0.6 is 11.6 Å². The fourth-order valence-corrected chi connectivity index (χ4v) is 1.75. The second kappa shape index (κ2) is 6.29. The van der Waals surface area contributed by atoms with Gasteiger partial charge in [-0.25, -0.2) is 0 Å². The van der Waals surface area contributed by atoms with E-state index in [1.165, 1.54) is 18.2 Å². The largest absolute Gasteiger partial charge is 0.319 e. The molecule has 2 heterocycles. The van der Waals surface area contributed by atoms with Crippen molar-refractivity contribution in [2.75, 3.05) is 5.32 Å². The standard InChI is InChI=1S/C13H13ClN4O2/c1-2-7-18-8-9(3-6-12(18)19)15-13(20)10-4-5-11(14)17-16-10/h3-6,8H,2,7H2,1H3,(H,15,20). The van der Waals surface area contributed by atoms with Gasteiger partial charge in [0.15, 0.2) is 10.8 Å². The van der Waals surface area contributed by atoms with Crippen molar-refractivity contribution in [1.29, 1.82) is 0 Å². The van der Waals surface area contributed by atoms with Crippen molar-refractivity contribution in [3.05, 3.63) is 51.7 Å². The number of halogens is 1. The molecule has 7 heteroatoms. The zero-order valence-corrected chi connectivity index (χ0v) is 11.6. The second-order valence-electron chi connectivity index (χ2n) is 4.14. The SMILES string of the molecule is CCCn1cc(NC(=O)c2ccc(Cl)nn2)ccc1=O. The van der Waals surface area contributed by atoms with E-state index in [-0.39, 0.29) is 16.4 Å². The van der Waals surface area contributed by atoms with Crippen LogP contribution in [-0.4, -0.2) is 20.7 Å². The van der Waals surface area contributed by atoms with E-state index in [4.69, 9.17) is 11.6 Å². The number of hydrogen-bond acceptors (Lipinski definition) is 4. The lowest BCUT2D eigenvalue weighted by Crippen LogP contribution is -2.21. The van der Waals surface area contributed by atoms with Crippen LogP contribution in [0.2, 0.25) is 5.15 Å². The Morgan fingerprint density at radius 2 is 2.10 bits per heavy atom. The predicted molar refractivity (Wildman–Crippen MR) is 76.0 cm³/mol. The number of pyridine rings is 1. The molecule has 0 aliphatic heterocycles. The Hall–Kier alpha value is -2.21. The first kappa shape index (κ1) is 14.2. The van der Waals surface area contributed by atoms with Gasteiger partial charge in [0.1, 0.15) is 0 Å². The fourth-order valence-electron chi connectivity index (χ4n) is 1.65. The normalized spacial score (nSPS) is 10.3. The second-order valence-corrected chi connectivity index (χ2v) is 4.53. The van der Waals surface area contributed by atoms with Gasteiger partial charge in [-0.05, 0) is 24.6 Å². The molecule has 0 atom stereocenters. The van der Waals surface area contributed by atoms with Gasteiger partial charge in [-0.1, -0.05) is 18.5 Å². The van der Waals surface area contributed by atoms with E-state index in [2.05, 4.69) is 15.5 Å². The third-order valence-electron chi connectivity index (χ3n) is 2.57. The van der Waals surface area contributed by atoms with Gasteiger partial charge in [-0.3, -0.25) is 9.59 Å². The highest BCUT2D eigenvalue weighted by molar-refractivity contribution is 6.29. The zero-order valence-electron chi connectivity index (χ0n) is 10.8. The Balaban J connectivity index is 2.17. The lowest BCUT2D eigenvalue weighted by atomic mass is 10.3. The summed E-state index contributed by atoms with van der Waals surface area (Å²) in [7, 11) is 0. The van der Waals surface area contributed by atoms with Gasteiger partial charge >= 0.3 is 0 Å². The Morgan fingerprint density at radius 3 is 2.75 bits per heavy atom. The van der Waals surface area contributed by atoms with Crippen LogP contribution in [0.1, 0.15) is 23.8 Å². The summed E-state index contributed by atoms with van der Waals surface area (Å²) >= 11 is 5.61. The van der Waals surface area contributed by atoms with Crippen LogP contribution in [0, 0.1) is 0 Å². The van der Waals surface area contributed by atoms with Gasteiger partial charge in [-0.15, -0.1) is 10.2 Å². The molecule has 0 aliphatic rings. The van der Waals surface area contributed by atoms with Crippen LogP contribution in [0.15, 0.2) is 35.3 Å². The Kier molecular flexibility index (Phi) is 4.47. The molecule has 0 unspecified atom stereocenters. The lowest BCUT2D eigenvalue weighted by Gasteiger charge is -2.08. The van der Waals surface area contributed by atoms with Gasteiger partial charge in [0.25, 0.3) is 11.5 Å². The molecule has 2 aromatic rings. The number of rotatable bonds is 4. The molecule has 1 amide bonds. The molecule has 0 spiro atoms. The number of carbonyl (C=O) groups is 1. The van der Waals surface area contributed by atoms with Crippen molar-refractivity contribution in [3.63, 3.8) is 0 Å². The van der Waals surface area contributed by atoms with E-state index < -0.39 is 5.91 Å². The summed E-state index contributed by atoms with van der Waals surface area (Å²) in [4.78, 5) is 23.5. The van der Waals surface area contributed by atoms with Crippen molar-refractivity contribution >= 4 is 23.2 Å². The van der Waals surface area contributed by atoms with Crippen molar-refractivity contribution < 1.29 is 4.79 Å². The number of aromatic nitrogens is 3. The maximum absolute atomic E-state index is 11.9. The van der Waals surface area contributed by atoms with Gasteiger partial charge < -0.3 is 9.88 Å². The maximum atomic E-state index is 11.9. The maximum Gasteiger partial charge on any atom is 0.276 e. The number of hydrogen-bond donors (Lipinski definition) is 1. The van der Waals surface area contributed by atoms with E-state index in [1.807, 2.05) is 6.92 Å². The predicted octanol–water partition coefficient (Wildman–Crippen LogP) is 1.95. The highest BCUT2D eigenvalue weighted by Crippen LogP contribution is 2.07. The number of aryl methyl sites for hydroxylation is 1. The first-order valence-corrected chi connectivity index (χ1v) is 6.49. The molecule has 2 aromatic heterocycles.